The van der Waals surface area contributed by atoms with Crippen LogP contribution in [0, 0.1) is 11.8 Å². The van der Waals surface area contributed by atoms with Gasteiger partial charge < -0.3 is 16.0 Å². The van der Waals surface area contributed by atoms with Gasteiger partial charge in [0, 0.05) is 37.2 Å². The predicted octanol–water partition coefficient (Wildman–Crippen LogP) is 3.18. The summed E-state index contributed by atoms with van der Waals surface area (Å²) in [6.45, 7) is 5.94. The van der Waals surface area contributed by atoms with Crippen molar-refractivity contribution in [2.24, 2.45) is 17.6 Å². The Morgan fingerprint density at radius 1 is 1.11 bits per heavy atom. The van der Waals surface area contributed by atoms with Gasteiger partial charge in [0.2, 0.25) is 5.91 Å². The van der Waals surface area contributed by atoms with E-state index in [-0.39, 0.29) is 23.8 Å². The van der Waals surface area contributed by atoms with Crippen LogP contribution < -0.4 is 11.1 Å². The number of likely N-dealkylation sites (tertiary alicyclic amines) is 1. The lowest BCUT2D eigenvalue weighted by molar-refractivity contribution is -0.127. The number of piperidine rings is 1. The minimum atomic E-state index is -0.0437. The van der Waals surface area contributed by atoms with Gasteiger partial charge in [-0.25, -0.2) is 0 Å². The van der Waals surface area contributed by atoms with Gasteiger partial charge in [-0.15, -0.1) is 0 Å². The van der Waals surface area contributed by atoms with Gasteiger partial charge in [0.15, 0.2) is 0 Å². The van der Waals surface area contributed by atoms with E-state index in [0.29, 0.717) is 38.4 Å². The molecule has 2 aromatic carbocycles. The molecule has 28 heavy (non-hydrogen) atoms. The molecule has 2 aromatic rings. The molecule has 0 spiro atoms. The smallest absolute Gasteiger partial charge is 0.254 e. The fourth-order valence-electron chi connectivity index (χ4n) is 4.03. The van der Waals surface area contributed by atoms with Crippen LogP contribution in [-0.2, 0) is 4.79 Å². The number of hydrogen-bond donors (Lipinski definition) is 2. The minimum Gasteiger partial charge on any atom is -0.352 e. The van der Waals surface area contributed by atoms with E-state index in [1.807, 2.05) is 47.4 Å². The fraction of sp³-hybridized carbons (Fsp3) is 0.478. The van der Waals surface area contributed by atoms with Crippen molar-refractivity contribution in [3.05, 3.63) is 48.0 Å². The molecule has 5 heteroatoms. The Bertz CT molecular complexity index is 820. The first-order valence-electron chi connectivity index (χ1n) is 10.3. The molecule has 5 nitrogen and oxygen atoms in total. The van der Waals surface area contributed by atoms with Crippen LogP contribution in [0.3, 0.4) is 0 Å². The van der Waals surface area contributed by atoms with E-state index in [9.17, 15) is 9.59 Å². The third kappa shape index (κ3) is 4.71. The number of nitrogens with zero attached hydrogens (tertiary/aromatic N) is 1. The second-order valence-electron chi connectivity index (χ2n) is 8.16. The van der Waals surface area contributed by atoms with Gasteiger partial charge in [0.1, 0.15) is 0 Å². The van der Waals surface area contributed by atoms with Crippen LogP contribution in [-0.4, -0.2) is 42.4 Å². The predicted molar refractivity (Wildman–Crippen MR) is 113 cm³/mol. The highest BCUT2D eigenvalue weighted by atomic mass is 16.2. The van der Waals surface area contributed by atoms with E-state index in [4.69, 9.17) is 5.73 Å². The lowest BCUT2D eigenvalue weighted by Crippen LogP contribution is -2.47. The average Bonchev–Trinajstić information content (AvgIpc) is 2.72. The molecular weight excluding hydrogens is 350 g/mol. The molecule has 0 aliphatic carbocycles. The van der Waals surface area contributed by atoms with Gasteiger partial charge in [-0.2, -0.15) is 0 Å². The first-order valence-corrected chi connectivity index (χ1v) is 10.3. The fourth-order valence-corrected chi connectivity index (χ4v) is 4.03. The lowest BCUT2D eigenvalue weighted by atomic mass is 9.94. The van der Waals surface area contributed by atoms with Crippen LogP contribution in [0.2, 0.25) is 0 Å². The Kier molecular flexibility index (Phi) is 6.68. The highest BCUT2D eigenvalue weighted by Crippen LogP contribution is 2.24. The highest BCUT2D eigenvalue weighted by molar-refractivity contribution is 6.07. The molecule has 1 fully saturated rings. The summed E-state index contributed by atoms with van der Waals surface area (Å²) in [5.41, 5.74) is 6.54. The Morgan fingerprint density at radius 3 is 2.46 bits per heavy atom. The monoisotopic (exact) mass is 381 g/mol. The maximum absolute atomic E-state index is 13.0. The third-order valence-corrected chi connectivity index (χ3v) is 5.56. The summed E-state index contributed by atoms with van der Waals surface area (Å²) in [6, 6.07) is 13.8. The summed E-state index contributed by atoms with van der Waals surface area (Å²) in [6.07, 6.45) is 2.28. The van der Waals surface area contributed by atoms with Crippen LogP contribution in [0.4, 0.5) is 0 Å². The SMILES string of the molecule is CC(C)CC(CN)NC(=O)C1CCN(C(=O)c2cccc3ccccc23)CC1. The summed E-state index contributed by atoms with van der Waals surface area (Å²) in [7, 11) is 0. The van der Waals surface area contributed by atoms with Crippen molar-refractivity contribution < 1.29 is 9.59 Å². The molecule has 1 aliphatic heterocycles. The van der Waals surface area contributed by atoms with Gasteiger partial charge in [0.25, 0.3) is 5.91 Å². The summed E-state index contributed by atoms with van der Waals surface area (Å²) >= 11 is 0. The van der Waals surface area contributed by atoms with Gasteiger partial charge in [-0.05, 0) is 42.0 Å². The lowest BCUT2D eigenvalue weighted by Gasteiger charge is -2.32. The summed E-state index contributed by atoms with van der Waals surface area (Å²) in [5, 5.41) is 5.15. The Labute approximate surface area is 167 Å². The maximum Gasteiger partial charge on any atom is 0.254 e. The van der Waals surface area contributed by atoms with Crippen molar-refractivity contribution in [3.63, 3.8) is 0 Å². The van der Waals surface area contributed by atoms with E-state index in [0.717, 1.165) is 22.8 Å². The van der Waals surface area contributed by atoms with Crippen molar-refractivity contribution in [1.29, 1.82) is 0 Å². The van der Waals surface area contributed by atoms with Crippen LogP contribution in [0.15, 0.2) is 42.5 Å². The van der Waals surface area contributed by atoms with E-state index in [1.165, 1.54) is 0 Å². The van der Waals surface area contributed by atoms with Gasteiger partial charge in [-0.3, -0.25) is 9.59 Å². The molecule has 0 radical (unpaired) electrons. The Balaban J connectivity index is 1.60. The molecule has 0 aromatic heterocycles. The van der Waals surface area contributed by atoms with Crippen molar-refractivity contribution in [2.45, 2.75) is 39.2 Å². The van der Waals surface area contributed by atoms with Gasteiger partial charge in [-0.1, -0.05) is 50.2 Å². The molecule has 0 bridgehead atoms. The van der Waals surface area contributed by atoms with Crippen LogP contribution in [0.25, 0.3) is 10.8 Å². The zero-order valence-corrected chi connectivity index (χ0v) is 16.9. The average molecular weight is 382 g/mol. The molecule has 2 amide bonds. The van der Waals surface area contributed by atoms with E-state index in [2.05, 4.69) is 19.2 Å². The van der Waals surface area contributed by atoms with Crippen LogP contribution >= 0.6 is 0 Å². The van der Waals surface area contributed by atoms with E-state index < -0.39 is 0 Å². The number of carbonyl (C=O) groups excluding carboxylic acids is 2. The summed E-state index contributed by atoms with van der Waals surface area (Å²) < 4.78 is 0. The molecule has 1 aliphatic rings. The number of nitrogens with one attached hydrogen (secondary N) is 1. The largest absolute Gasteiger partial charge is 0.352 e. The second kappa shape index (κ2) is 9.20. The van der Waals surface area contributed by atoms with Gasteiger partial charge in [0.05, 0.1) is 0 Å². The zero-order chi connectivity index (χ0) is 20.1. The van der Waals surface area contributed by atoms with Gasteiger partial charge >= 0.3 is 0 Å². The number of rotatable bonds is 6. The quantitative estimate of drug-likeness (QED) is 0.807. The number of fused-ring (bicyclic) bond motifs is 1. The molecule has 1 unspecified atom stereocenters. The van der Waals surface area contributed by atoms with Crippen LogP contribution in [0.1, 0.15) is 43.5 Å². The first kappa shape index (κ1) is 20.3. The number of hydrogen-bond acceptors (Lipinski definition) is 3. The third-order valence-electron chi connectivity index (χ3n) is 5.56. The van der Waals surface area contributed by atoms with Crippen molar-refractivity contribution in [1.82, 2.24) is 10.2 Å². The molecule has 1 heterocycles. The maximum atomic E-state index is 13.0. The number of amides is 2. The van der Waals surface area contributed by atoms with E-state index >= 15 is 0 Å². The summed E-state index contributed by atoms with van der Waals surface area (Å²) in [4.78, 5) is 27.5. The molecule has 3 N–H and O–H groups in total. The Morgan fingerprint density at radius 2 is 1.79 bits per heavy atom. The van der Waals surface area contributed by atoms with Crippen LogP contribution in [0.5, 0.6) is 0 Å². The topological polar surface area (TPSA) is 75.4 Å². The minimum absolute atomic E-state index is 0.0304. The molecule has 1 saturated heterocycles. The molecule has 150 valence electrons. The number of nitrogens with two attached hydrogens (primary N) is 1. The van der Waals surface area contributed by atoms with Crippen molar-refractivity contribution in [3.8, 4) is 0 Å². The first-order chi connectivity index (χ1) is 13.5. The van der Waals surface area contributed by atoms with Crippen molar-refractivity contribution in [2.75, 3.05) is 19.6 Å². The van der Waals surface area contributed by atoms with E-state index in [1.54, 1.807) is 0 Å². The summed E-state index contributed by atoms with van der Waals surface area (Å²) in [5.74, 6) is 0.579. The normalized spacial score (nSPS) is 16.4. The standard InChI is InChI=1S/C23H31N3O2/c1-16(2)14-19(15-24)25-22(27)18-10-12-26(13-11-18)23(28)21-9-5-7-17-6-3-4-8-20(17)21/h3-9,16,18-19H,10-15,24H2,1-2H3,(H,25,27). The Hall–Kier alpha value is -2.40. The molecule has 0 saturated carbocycles. The zero-order valence-electron chi connectivity index (χ0n) is 16.9. The van der Waals surface area contributed by atoms with Crippen molar-refractivity contribution >= 4 is 22.6 Å². The highest BCUT2D eigenvalue weighted by Gasteiger charge is 2.29. The number of carbonyl (C=O) groups is 2. The molecule has 1 atom stereocenters. The second-order valence-corrected chi connectivity index (χ2v) is 8.16. The number of benzene rings is 2. The molecular formula is C23H31N3O2. The molecule has 3 rings (SSSR count).